The van der Waals surface area contributed by atoms with Gasteiger partial charge < -0.3 is 0 Å². The van der Waals surface area contributed by atoms with Gasteiger partial charge in [0.25, 0.3) is 0 Å². The summed E-state index contributed by atoms with van der Waals surface area (Å²) in [6, 6.07) is 45.8. The van der Waals surface area contributed by atoms with Crippen LogP contribution in [0.3, 0.4) is 0 Å². The van der Waals surface area contributed by atoms with Crippen molar-refractivity contribution < 1.29 is 0 Å². The summed E-state index contributed by atoms with van der Waals surface area (Å²) in [5.41, 5.74) is 0. The predicted molar refractivity (Wildman–Crippen MR) is 147 cm³/mol. The molecule has 0 bridgehead atoms. The van der Waals surface area contributed by atoms with Gasteiger partial charge in [0.05, 0.1) is 60.4 Å². The van der Waals surface area contributed by atoms with Crippen LogP contribution < -0.4 is 21.2 Å². The highest BCUT2D eigenvalue weighted by atomic mass is 31.2. The third kappa shape index (κ3) is 4.08. The van der Waals surface area contributed by atoms with Crippen LogP contribution in [0.2, 0.25) is 0 Å². The highest BCUT2D eigenvalue weighted by molar-refractivity contribution is 7.91. The number of rotatable bonds is 4. The molecule has 5 rings (SSSR count). The quantitative estimate of drug-likeness (QED) is 0.326. The van der Waals surface area contributed by atoms with Gasteiger partial charge in [-0.25, -0.2) is 0 Å². The van der Waals surface area contributed by atoms with E-state index in [1.54, 1.807) is 21.2 Å². The first-order chi connectivity index (χ1) is 15.8. The monoisotopic (exact) mass is 454 g/mol. The molecule has 0 radical (unpaired) electrons. The first kappa shape index (κ1) is 21.6. The highest BCUT2D eigenvalue weighted by Crippen LogP contribution is 2.64. The molecule has 0 N–H and O–H groups in total. The summed E-state index contributed by atoms with van der Waals surface area (Å²) < 4.78 is 0. The molecular weight excluding hydrogens is 422 g/mol. The maximum atomic E-state index is 2.40. The second-order valence-electron chi connectivity index (χ2n) is 8.88. The van der Waals surface area contributed by atoms with Gasteiger partial charge in [0.15, 0.2) is 0 Å². The largest absolute Gasteiger partial charge is 0.0991 e. The Hall–Kier alpha value is -2.26. The minimum absolute atomic E-state index is 1.30. The molecule has 2 heteroatoms. The van der Waals surface area contributed by atoms with Gasteiger partial charge in [-0.3, -0.25) is 0 Å². The molecule has 32 heavy (non-hydrogen) atoms. The lowest BCUT2D eigenvalue weighted by atomic mass is 10.4. The average molecular weight is 455 g/mol. The van der Waals surface area contributed by atoms with Crippen molar-refractivity contribution in [3.8, 4) is 0 Å². The van der Waals surface area contributed by atoms with Gasteiger partial charge in [-0.1, -0.05) is 72.8 Å². The van der Waals surface area contributed by atoms with Crippen LogP contribution in [0.15, 0.2) is 121 Å². The minimum Gasteiger partial charge on any atom is -0.0620 e. The molecule has 0 amide bonds. The molecular formula is C30H32P2+2. The van der Waals surface area contributed by atoms with E-state index in [2.05, 4.69) is 121 Å². The number of hydrogen-bond acceptors (Lipinski definition) is 0. The van der Waals surface area contributed by atoms with Crippen LogP contribution >= 0.6 is 14.5 Å². The lowest BCUT2D eigenvalue weighted by Gasteiger charge is -2.34. The zero-order valence-corrected chi connectivity index (χ0v) is 20.5. The topological polar surface area (TPSA) is 0 Å². The first-order valence-corrected chi connectivity index (χ1v) is 16.1. The molecule has 0 saturated carbocycles. The fraction of sp³-hybridized carbons (Fsp3) is 0.200. The zero-order valence-electron chi connectivity index (χ0n) is 18.7. The molecule has 0 spiro atoms. The standard InChI is InChI=1S/C30H32P2/c1-5-15-27(16-6-1)31(28-17-7-2-8-18-28)23-13-25-32(26-14-24-31,29-19-9-3-10-20-29)30-21-11-4-12-22-30/h1-12,15-22H,13-14,23-26H2/q+2. The van der Waals surface area contributed by atoms with Gasteiger partial charge in [0, 0.05) is 12.8 Å². The third-order valence-electron chi connectivity index (χ3n) is 7.16. The molecule has 4 aromatic carbocycles. The molecule has 1 aliphatic heterocycles. The van der Waals surface area contributed by atoms with E-state index in [-0.39, 0.29) is 0 Å². The first-order valence-electron chi connectivity index (χ1n) is 11.8. The molecule has 0 nitrogen and oxygen atoms in total. The summed E-state index contributed by atoms with van der Waals surface area (Å²) in [7, 11) is -2.78. The van der Waals surface area contributed by atoms with Crippen LogP contribution in [0.4, 0.5) is 0 Å². The second kappa shape index (κ2) is 9.70. The van der Waals surface area contributed by atoms with E-state index >= 15 is 0 Å². The Bertz CT molecular complexity index is 925. The minimum atomic E-state index is -1.39. The van der Waals surface area contributed by atoms with Crippen LogP contribution in [-0.4, -0.2) is 24.6 Å². The van der Waals surface area contributed by atoms with Crippen molar-refractivity contribution in [3.05, 3.63) is 121 Å². The van der Waals surface area contributed by atoms with Gasteiger partial charge in [0.1, 0.15) is 0 Å². The molecule has 0 aromatic heterocycles. The van der Waals surface area contributed by atoms with Gasteiger partial charge in [-0.2, -0.15) is 0 Å². The summed E-state index contributed by atoms with van der Waals surface area (Å²) in [6.45, 7) is 0. The molecule has 1 saturated heterocycles. The van der Waals surface area contributed by atoms with Crippen molar-refractivity contribution in [3.63, 3.8) is 0 Å². The van der Waals surface area contributed by atoms with Gasteiger partial charge >= 0.3 is 0 Å². The van der Waals surface area contributed by atoms with Crippen molar-refractivity contribution in [2.75, 3.05) is 24.6 Å². The van der Waals surface area contributed by atoms with E-state index in [9.17, 15) is 0 Å². The van der Waals surface area contributed by atoms with Gasteiger partial charge in [0.2, 0.25) is 0 Å². The Morgan fingerprint density at radius 1 is 0.312 bits per heavy atom. The van der Waals surface area contributed by atoms with Crippen molar-refractivity contribution in [2.24, 2.45) is 0 Å². The lowest BCUT2D eigenvalue weighted by molar-refractivity contribution is 1.01. The van der Waals surface area contributed by atoms with Crippen molar-refractivity contribution in [1.29, 1.82) is 0 Å². The number of benzene rings is 4. The normalized spacial score (nSPS) is 17.8. The molecule has 1 heterocycles. The van der Waals surface area contributed by atoms with Crippen molar-refractivity contribution >= 4 is 35.7 Å². The van der Waals surface area contributed by atoms with E-state index in [1.165, 1.54) is 37.5 Å². The van der Waals surface area contributed by atoms with Gasteiger partial charge in [-0.05, 0) is 48.5 Å². The number of hydrogen-bond donors (Lipinski definition) is 0. The van der Waals surface area contributed by atoms with Crippen LogP contribution in [0.1, 0.15) is 12.8 Å². The van der Waals surface area contributed by atoms with Crippen LogP contribution in [0, 0.1) is 0 Å². The van der Waals surface area contributed by atoms with Crippen LogP contribution in [0.5, 0.6) is 0 Å². The lowest BCUT2D eigenvalue weighted by Crippen LogP contribution is -2.34. The van der Waals surface area contributed by atoms with E-state index in [0.717, 1.165) is 0 Å². The predicted octanol–water partition coefficient (Wildman–Crippen LogP) is 6.12. The second-order valence-corrected chi connectivity index (χ2v) is 16.6. The molecule has 4 aromatic rings. The van der Waals surface area contributed by atoms with Crippen molar-refractivity contribution in [2.45, 2.75) is 12.8 Å². The molecule has 1 aliphatic rings. The van der Waals surface area contributed by atoms with E-state index in [1.807, 2.05) is 0 Å². The van der Waals surface area contributed by atoms with Crippen LogP contribution in [0.25, 0.3) is 0 Å². The third-order valence-corrected chi connectivity index (χ3v) is 16.6. The Balaban J connectivity index is 1.55. The molecule has 0 unspecified atom stereocenters. The summed E-state index contributed by atoms with van der Waals surface area (Å²) in [5.74, 6) is 0. The smallest absolute Gasteiger partial charge is 0.0620 e. The molecule has 0 aliphatic carbocycles. The van der Waals surface area contributed by atoms with Crippen molar-refractivity contribution in [1.82, 2.24) is 0 Å². The maximum Gasteiger partial charge on any atom is 0.0991 e. The molecule has 160 valence electrons. The summed E-state index contributed by atoms with van der Waals surface area (Å²) >= 11 is 0. The van der Waals surface area contributed by atoms with E-state index < -0.39 is 14.5 Å². The van der Waals surface area contributed by atoms with E-state index in [4.69, 9.17) is 0 Å². The fourth-order valence-corrected chi connectivity index (χ4v) is 15.0. The SMILES string of the molecule is c1ccc([P+]2(c3ccccc3)CCC[P+](c3ccccc3)(c3ccccc3)CCC2)cc1. The summed E-state index contributed by atoms with van der Waals surface area (Å²) in [4.78, 5) is 0. The summed E-state index contributed by atoms with van der Waals surface area (Å²) in [5, 5.41) is 6.38. The zero-order chi connectivity index (χ0) is 21.7. The fourth-order valence-electron chi connectivity index (χ4n) is 5.63. The summed E-state index contributed by atoms with van der Waals surface area (Å²) in [6.07, 6.45) is 7.89. The Kier molecular flexibility index (Phi) is 6.54. The Morgan fingerprint density at radius 3 is 0.750 bits per heavy atom. The van der Waals surface area contributed by atoms with E-state index in [0.29, 0.717) is 0 Å². The maximum absolute atomic E-state index is 2.40. The van der Waals surface area contributed by atoms with Crippen LogP contribution in [-0.2, 0) is 0 Å². The molecule has 1 fully saturated rings. The Labute approximate surface area is 194 Å². The van der Waals surface area contributed by atoms with Gasteiger partial charge in [-0.15, -0.1) is 0 Å². The highest BCUT2D eigenvalue weighted by Gasteiger charge is 2.49. The average Bonchev–Trinajstić information content (AvgIpc) is 2.87. The Morgan fingerprint density at radius 2 is 0.531 bits per heavy atom. The molecule has 0 atom stereocenters.